The maximum absolute atomic E-state index is 8.60. The van der Waals surface area contributed by atoms with E-state index in [-0.39, 0.29) is 19.0 Å². The van der Waals surface area contributed by atoms with Crippen molar-refractivity contribution in [1.82, 2.24) is 9.78 Å². The van der Waals surface area contributed by atoms with Gasteiger partial charge in [0.05, 0.1) is 12.3 Å². The second-order valence-electron chi connectivity index (χ2n) is 3.94. The van der Waals surface area contributed by atoms with Crippen LogP contribution >= 0.6 is 12.4 Å². The van der Waals surface area contributed by atoms with E-state index in [1.807, 2.05) is 18.3 Å². The van der Waals surface area contributed by atoms with Crippen LogP contribution in [0.2, 0.25) is 0 Å². The predicted octanol–water partition coefficient (Wildman–Crippen LogP) is 2.26. The van der Waals surface area contributed by atoms with Gasteiger partial charge >= 0.3 is 0 Å². The molecule has 0 spiro atoms. The minimum Gasteiger partial charge on any atom is -0.326 e. The summed E-state index contributed by atoms with van der Waals surface area (Å²) in [6.07, 6.45) is 3.66. The highest BCUT2D eigenvalue weighted by atomic mass is 35.5. The largest absolute Gasteiger partial charge is 0.326 e. The van der Waals surface area contributed by atoms with Crippen molar-refractivity contribution >= 4 is 12.4 Å². The molecule has 1 heterocycles. The molecule has 0 fully saturated rings. The molecular formula is C13H15ClN4. The van der Waals surface area contributed by atoms with E-state index < -0.39 is 0 Å². The van der Waals surface area contributed by atoms with E-state index in [4.69, 9.17) is 11.0 Å². The average Bonchev–Trinajstić information content (AvgIpc) is 2.78. The van der Waals surface area contributed by atoms with Gasteiger partial charge in [0.15, 0.2) is 0 Å². The Morgan fingerprint density at radius 1 is 1.44 bits per heavy atom. The molecule has 0 saturated carbocycles. The standard InChI is InChI=1S/C13H14N4.ClH/c1-10-6-11(7-15)2-3-13(10)12-8-16-17(9-12)5-4-14;/h2-3,6,8-9H,5,7,15H2,1H3;1H. The minimum atomic E-state index is 0. The lowest BCUT2D eigenvalue weighted by Gasteiger charge is -2.05. The van der Waals surface area contributed by atoms with Crippen molar-refractivity contribution in [3.05, 3.63) is 41.7 Å². The van der Waals surface area contributed by atoms with E-state index in [0.29, 0.717) is 6.54 Å². The Morgan fingerprint density at radius 3 is 2.83 bits per heavy atom. The molecule has 4 nitrogen and oxygen atoms in total. The normalized spacial score (nSPS) is 9.61. The molecule has 1 aromatic heterocycles. The molecule has 0 unspecified atom stereocenters. The van der Waals surface area contributed by atoms with Gasteiger partial charge < -0.3 is 5.73 Å². The lowest BCUT2D eigenvalue weighted by molar-refractivity contribution is 0.710. The first-order valence-electron chi connectivity index (χ1n) is 5.44. The van der Waals surface area contributed by atoms with Crippen LogP contribution in [0.5, 0.6) is 0 Å². The Balaban J connectivity index is 0.00000162. The van der Waals surface area contributed by atoms with Crippen LogP contribution in [0.3, 0.4) is 0 Å². The number of nitrogens with zero attached hydrogens (tertiary/aromatic N) is 3. The predicted molar refractivity (Wildman–Crippen MR) is 73.2 cm³/mol. The first-order chi connectivity index (χ1) is 8.24. The number of benzene rings is 1. The lowest BCUT2D eigenvalue weighted by atomic mass is 10.0. The summed E-state index contributed by atoms with van der Waals surface area (Å²) >= 11 is 0. The topological polar surface area (TPSA) is 67.6 Å². The molecule has 0 saturated heterocycles. The second kappa shape index (κ2) is 6.20. The summed E-state index contributed by atoms with van der Waals surface area (Å²) in [4.78, 5) is 0. The molecule has 0 radical (unpaired) electrons. The van der Waals surface area contributed by atoms with E-state index in [2.05, 4.69) is 24.2 Å². The van der Waals surface area contributed by atoms with Crippen LogP contribution in [0.15, 0.2) is 30.6 Å². The van der Waals surface area contributed by atoms with E-state index in [1.54, 1.807) is 10.9 Å². The number of rotatable bonds is 3. The molecule has 0 atom stereocenters. The molecular weight excluding hydrogens is 248 g/mol. The van der Waals surface area contributed by atoms with E-state index >= 15 is 0 Å². The van der Waals surface area contributed by atoms with Crippen LogP contribution < -0.4 is 5.73 Å². The van der Waals surface area contributed by atoms with Crippen molar-refractivity contribution < 1.29 is 0 Å². The molecule has 2 N–H and O–H groups in total. The van der Waals surface area contributed by atoms with Gasteiger partial charge in [-0.3, -0.25) is 4.68 Å². The monoisotopic (exact) mass is 262 g/mol. The SMILES string of the molecule is Cc1cc(CN)ccc1-c1cnn(CC#N)c1.Cl. The highest BCUT2D eigenvalue weighted by Gasteiger charge is 2.05. The quantitative estimate of drug-likeness (QED) is 0.923. The van der Waals surface area contributed by atoms with Gasteiger partial charge in [0.25, 0.3) is 0 Å². The number of nitrogens with two attached hydrogens (primary N) is 1. The highest BCUT2D eigenvalue weighted by molar-refractivity contribution is 5.85. The molecule has 2 aromatic rings. The summed E-state index contributed by atoms with van der Waals surface area (Å²) in [7, 11) is 0. The van der Waals surface area contributed by atoms with Gasteiger partial charge in [-0.2, -0.15) is 10.4 Å². The molecule has 0 bridgehead atoms. The molecule has 18 heavy (non-hydrogen) atoms. The maximum atomic E-state index is 8.60. The van der Waals surface area contributed by atoms with Crippen molar-refractivity contribution in [3.8, 4) is 17.2 Å². The third-order valence-electron chi connectivity index (χ3n) is 2.70. The van der Waals surface area contributed by atoms with Gasteiger partial charge in [-0.1, -0.05) is 18.2 Å². The zero-order valence-corrected chi connectivity index (χ0v) is 10.9. The molecule has 0 aliphatic rings. The number of hydrogen-bond acceptors (Lipinski definition) is 3. The molecule has 2 rings (SSSR count). The maximum Gasteiger partial charge on any atom is 0.128 e. The molecule has 0 amide bonds. The van der Waals surface area contributed by atoms with E-state index in [9.17, 15) is 0 Å². The summed E-state index contributed by atoms with van der Waals surface area (Å²) in [5, 5.41) is 12.7. The molecule has 0 aliphatic heterocycles. The highest BCUT2D eigenvalue weighted by Crippen LogP contribution is 2.23. The van der Waals surface area contributed by atoms with Gasteiger partial charge in [-0.05, 0) is 23.6 Å². The Morgan fingerprint density at radius 2 is 2.22 bits per heavy atom. The van der Waals surface area contributed by atoms with Crippen LogP contribution in [-0.4, -0.2) is 9.78 Å². The number of aromatic nitrogens is 2. The van der Waals surface area contributed by atoms with Crippen molar-refractivity contribution in [2.24, 2.45) is 5.73 Å². The van der Waals surface area contributed by atoms with Crippen LogP contribution in [0.1, 0.15) is 11.1 Å². The van der Waals surface area contributed by atoms with Gasteiger partial charge in [0.1, 0.15) is 6.54 Å². The molecule has 1 aromatic carbocycles. The van der Waals surface area contributed by atoms with E-state index in [1.165, 1.54) is 5.56 Å². The number of nitriles is 1. The third-order valence-corrected chi connectivity index (χ3v) is 2.70. The van der Waals surface area contributed by atoms with Crippen LogP contribution in [0.4, 0.5) is 0 Å². The number of halogens is 1. The Bertz CT molecular complexity index is 569. The van der Waals surface area contributed by atoms with Gasteiger partial charge in [-0.15, -0.1) is 12.4 Å². The Hall–Kier alpha value is -1.83. The number of hydrogen-bond donors (Lipinski definition) is 1. The molecule has 0 aliphatic carbocycles. The fraction of sp³-hybridized carbons (Fsp3) is 0.231. The van der Waals surface area contributed by atoms with Crippen molar-refractivity contribution in [2.45, 2.75) is 20.0 Å². The smallest absolute Gasteiger partial charge is 0.128 e. The minimum absolute atomic E-state index is 0. The van der Waals surface area contributed by atoms with E-state index in [0.717, 1.165) is 16.7 Å². The van der Waals surface area contributed by atoms with Crippen LogP contribution in [-0.2, 0) is 13.1 Å². The summed E-state index contributed by atoms with van der Waals surface area (Å²) in [5.74, 6) is 0. The average molecular weight is 263 g/mol. The summed E-state index contributed by atoms with van der Waals surface area (Å²) in [5.41, 5.74) is 10.1. The first kappa shape index (κ1) is 14.2. The zero-order valence-electron chi connectivity index (χ0n) is 10.1. The van der Waals surface area contributed by atoms with Crippen LogP contribution in [0, 0.1) is 18.3 Å². The Labute approximate surface area is 112 Å². The lowest BCUT2D eigenvalue weighted by Crippen LogP contribution is -1.97. The van der Waals surface area contributed by atoms with Crippen molar-refractivity contribution in [1.29, 1.82) is 5.26 Å². The zero-order chi connectivity index (χ0) is 12.3. The van der Waals surface area contributed by atoms with Crippen LogP contribution in [0.25, 0.3) is 11.1 Å². The Kier molecular flexibility index (Phi) is 4.90. The van der Waals surface area contributed by atoms with Gasteiger partial charge in [0, 0.05) is 18.3 Å². The number of aryl methyl sites for hydroxylation is 1. The fourth-order valence-corrected chi connectivity index (χ4v) is 1.84. The summed E-state index contributed by atoms with van der Waals surface area (Å²) in [6.45, 7) is 2.88. The molecule has 5 heteroatoms. The van der Waals surface area contributed by atoms with Crippen molar-refractivity contribution in [2.75, 3.05) is 0 Å². The second-order valence-corrected chi connectivity index (χ2v) is 3.94. The fourth-order valence-electron chi connectivity index (χ4n) is 1.84. The third kappa shape index (κ3) is 2.89. The van der Waals surface area contributed by atoms with Gasteiger partial charge in [-0.25, -0.2) is 0 Å². The van der Waals surface area contributed by atoms with Gasteiger partial charge in [0.2, 0.25) is 0 Å². The molecule has 94 valence electrons. The summed E-state index contributed by atoms with van der Waals surface area (Å²) < 4.78 is 1.63. The summed E-state index contributed by atoms with van der Waals surface area (Å²) in [6, 6.07) is 8.21. The van der Waals surface area contributed by atoms with Crippen molar-refractivity contribution in [3.63, 3.8) is 0 Å². The first-order valence-corrected chi connectivity index (χ1v) is 5.44.